The summed E-state index contributed by atoms with van der Waals surface area (Å²) >= 11 is 0. The van der Waals surface area contributed by atoms with Gasteiger partial charge in [0.05, 0.1) is 0 Å². The zero-order chi connectivity index (χ0) is 13.2. The van der Waals surface area contributed by atoms with E-state index in [2.05, 4.69) is 14.8 Å². The SMILES string of the molecule is NCC1CCn2c(Cc3ccc(F)cc3)nnc2C1. The molecule has 1 unspecified atom stereocenters. The van der Waals surface area contributed by atoms with E-state index in [1.54, 1.807) is 12.1 Å². The Morgan fingerprint density at radius 3 is 2.79 bits per heavy atom. The number of hydrogen-bond donors (Lipinski definition) is 1. The van der Waals surface area contributed by atoms with E-state index in [4.69, 9.17) is 5.73 Å². The smallest absolute Gasteiger partial charge is 0.137 e. The van der Waals surface area contributed by atoms with Crippen molar-refractivity contribution in [1.82, 2.24) is 14.8 Å². The molecular formula is C14H17FN4. The Labute approximate surface area is 111 Å². The summed E-state index contributed by atoms with van der Waals surface area (Å²) in [5.74, 6) is 2.30. The third kappa shape index (κ3) is 2.51. The minimum absolute atomic E-state index is 0.210. The highest BCUT2D eigenvalue weighted by Crippen LogP contribution is 2.20. The van der Waals surface area contributed by atoms with E-state index < -0.39 is 0 Å². The number of fused-ring (bicyclic) bond motifs is 1. The lowest BCUT2D eigenvalue weighted by Gasteiger charge is -2.22. The molecule has 5 heteroatoms. The molecule has 0 fully saturated rings. The van der Waals surface area contributed by atoms with Crippen molar-refractivity contribution in [3.8, 4) is 0 Å². The minimum atomic E-state index is -0.210. The maximum Gasteiger partial charge on any atom is 0.137 e. The molecule has 1 aromatic carbocycles. The molecule has 3 rings (SSSR count). The molecule has 2 aromatic rings. The number of nitrogens with zero attached hydrogens (tertiary/aromatic N) is 3. The fourth-order valence-corrected chi connectivity index (χ4v) is 2.57. The fraction of sp³-hybridized carbons (Fsp3) is 0.429. The Hall–Kier alpha value is -1.75. The zero-order valence-corrected chi connectivity index (χ0v) is 10.7. The number of halogens is 1. The second kappa shape index (κ2) is 5.09. The third-order valence-electron chi connectivity index (χ3n) is 3.75. The molecule has 1 aliphatic heterocycles. The highest BCUT2D eigenvalue weighted by atomic mass is 19.1. The minimum Gasteiger partial charge on any atom is -0.330 e. The molecule has 2 N–H and O–H groups in total. The van der Waals surface area contributed by atoms with Gasteiger partial charge in [0, 0.05) is 19.4 Å². The van der Waals surface area contributed by atoms with Crippen LogP contribution in [0.4, 0.5) is 4.39 Å². The van der Waals surface area contributed by atoms with Crippen molar-refractivity contribution in [2.45, 2.75) is 25.8 Å². The molecule has 4 nitrogen and oxygen atoms in total. The maximum atomic E-state index is 12.9. The zero-order valence-electron chi connectivity index (χ0n) is 10.7. The summed E-state index contributed by atoms with van der Waals surface area (Å²) in [6.07, 6.45) is 2.69. The van der Waals surface area contributed by atoms with Crippen LogP contribution in [-0.4, -0.2) is 21.3 Å². The second-order valence-corrected chi connectivity index (χ2v) is 5.08. The van der Waals surface area contributed by atoms with Crippen LogP contribution in [0.5, 0.6) is 0 Å². The summed E-state index contributed by atoms with van der Waals surface area (Å²) in [6.45, 7) is 1.64. The molecular weight excluding hydrogens is 243 g/mol. The molecule has 1 atom stereocenters. The summed E-state index contributed by atoms with van der Waals surface area (Å²) in [4.78, 5) is 0. The lowest BCUT2D eigenvalue weighted by Crippen LogP contribution is -2.26. The predicted octanol–water partition coefficient (Wildman–Crippen LogP) is 1.53. The fourth-order valence-electron chi connectivity index (χ4n) is 2.57. The summed E-state index contributed by atoms with van der Waals surface area (Å²) in [5, 5.41) is 8.51. The Kier molecular flexibility index (Phi) is 3.29. The number of hydrogen-bond acceptors (Lipinski definition) is 3. The van der Waals surface area contributed by atoms with Gasteiger partial charge in [0.2, 0.25) is 0 Å². The van der Waals surface area contributed by atoms with Gasteiger partial charge in [-0.1, -0.05) is 12.1 Å². The van der Waals surface area contributed by atoms with E-state index >= 15 is 0 Å². The number of benzene rings is 1. The lowest BCUT2D eigenvalue weighted by atomic mass is 9.98. The molecule has 1 aromatic heterocycles. The highest BCUT2D eigenvalue weighted by molar-refractivity contribution is 5.20. The molecule has 0 saturated carbocycles. The van der Waals surface area contributed by atoms with Gasteiger partial charge in [0.25, 0.3) is 0 Å². The van der Waals surface area contributed by atoms with E-state index in [0.717, 1.165) is 36.6 Å². The van der Waals surface area contributed by atoms with Crippen molar-refractivity contribution >= 4 is 0 Å². The first-order valence-electron chi connectivity index (χ1n) is 6.61. The van der Waals surface area contributed by atoms with Crippen LogP contribution in [0.15, 0.2) is 24.3 Å². The Balaban J connectivity index is 1.80. The molecule has 2 heterocycles. The van der Waals surface area contributed by atoms with Gasteiger partial charge in [-0.05, 0) is 36.6 Å². The molecule has 100 valence electrons. The molecule has 0 spiro atoms. The first-order valence-corrected chi connectivity index (χ1v) is 6.61. The Morgan fingerprint density at radius 2 is 2.05 bits per heavy atom. The summed E-state index contributed by atoms with van der Waals surface area (Å²) < 4.78 is 15.1. The van der Waals surface area contributed by atoms with Gasteiger partial charge in [-0.3, -0.25) is 0 Å². The second-order valence-electron chi connectivity index (χ2n) is 5.08. The van der Waals surface area contributed by atoms with Gasteiger partial charge in [0.1, 0.15) is 17.5 Å². The van der Waals surface area contributed by atoms with E-state index in [9.17, 15) is 4.39 Å². The van der Waals surface area contributed by atoms with Crippen LogP contribution in [0.1, 0.15) is 23.6 Å². The molecule has 0 saturated heterocycles. The van der Waals surface area contributed by atoms with Crippen LogP contribution in [0, 0.1) is 11.7 Å². The van der Waals surface area contributed by atoms with Crippen molar-refractivity contribution in [3.05, 3.63) is 47.3 Å². The van der Waals surface area contributed by atoms with Crippen molar-refractivity contribution in [2.24, 2.45) is 11.7 Å². The summed E-state index contributed by atoms with van der Waals surface area (Å²) in [5.41, 5.74) is 6.77. The van der Waals surface area contributed by atoms with Gasteiger partial charge in [-0.25, -0.2) is 4.39 Å². The van der Waals surface area contributed by atoms with Crippen LogP contribution in [-0.2, 0) is 19.4 Å². The molecule has 1 aliphatic rings. The van der Waals surface area contributed by atoms with Crippen molar-refractivity contribution in [3.63, 3.8) is 0 Å². The van der Waals surface area contributed by atoms with Crippen LogP contribution in [0.25, 0.3) is 0 Å². The monoisotopic (exact) mass is 260 g/mol. The molecule has 0 amide bonds. The molecule has 0 aliphatic carbocycles. The predicted molar refractivity (Wildman–Crippen MR) is 70.1 cm³/mol. The molecule has 0 bridgehead atoms. The van der Waals surface area contributed by atoms with Gasteiger partial charge >= 0.3 is 0 Å². The van der Waals surface area contributed by atoms with Crippen molar-refractivity contribution in [2.75, 3.05) is 6.54 Å². The average Bonchev–Trinajstić information content (AvgIpc) is 2.83. The normalized spacial score (nSPS) is 18.3. The topological polar surface area (TPSA) is 56.7 Å². The maximum absolute atomic E-state index is 12.9. The quantitative estimate of drug-likeness (QED) is 0.910. The van der Waals surface area contributed by atoms with Gasteiger partial charge in [-0.15, -0.1) is 10.2 Å². The van der Waals surface area contributed by atoms with E-state index in [1.165, 1.54) is 12.1 Å². The van der Waals surface area contributed by atoms with Gasteiger partial charge < -0.3 is 10.3 Å². The Bertz CT molecular complexity index is 561. The van der Waals surface area contributed by atoms with Crippen LogP contribution >= 0.6 is 0 Å². The number of rotatable bonds is 3. The van der Waals surface area contributed by atoms with E-state index in [1.807, 2.05) is 0 Å². The van der Waals surface area contributed by atoms with Crippen molar-refractivity contribution in [1.29, 1.82) is 0 Å². The Morgan fingerprint density at radius 1 is 1.26 bits per heavy atom. The van der Waals surface area contributed by atoms with E-state index in [0.29, 0.717) is 18.9 Å². The third-order valence-corrected chi connectivity index (χ3v) is 3.75. The first kappa shape index (κ1) is 12.3. The standard InChI is InChI=1S/C14H17FN4/c15-12-3-1-10(2-4-12)7-13-17-18-14-8-11(9-16)5-6-19(13)14/h1-4,11H,5-9,16H2. The number of aromatic nitrogens is 3. The summed E-state index contributed by atoms with van der Waals surface area (Å²) in [6, 6.07) is 6.55. The van der Waals surface area contributed by atoms with Crippen molar-refractivity contribution < 1.29 is 4.39 Å². The first-order chi connectivity index (χ1) is 9.26. The largest absolute Gasteiger partial charge is 0.330 e. The van der Waals surface area contributed by atoms with Crippen LogP contribution in [0.3, 0.4) is 0 Å². The average molecular weight is 260 g/mol. The van der Waals surface area contributed by atoms with Crippen LogP contribution in [0.2, 0.25) is 0 Å². The van der Waals surface area contributed by atoms with Gasteiger partial charge in [-0.2, -0.15) is 0 Å². The molecule has 19 heavy (non-hydrogen) atoms. The van der Waals surface area contributed by atoms with Crippen LogP contribution < -0.4 is 5.73 Å². The molecule has 0 radical (unpaired) electrons. The summed E-state index contributed by atoms with van der Waals surface area (Å²) in [7, 11) is 0. The highest BCUT2D eigenvalue weighted by Gasteiger charge is 2.21. The lowest BCUT2D eigenvalue weighted by molar-refractivity contribution is 0.385. The number of nitrogens with two attached hydrogens (primary N) is 1. The van der Waals surface area contributed by atoms with E-state index in [-0.39, 0.29) is 5.82 Å². The van der Waals surface area contributed by atoms with Gasteiger partial charge in [0.15, 0.2) is 0 Å².